The zero-order chi connectivity index (χ0) is 20.4. The monoisotopic (exact) mass is 381 g/mol. The Morgan fingerprint density at radius 3 is 2.32 bits per heavy atom. The molecule has 0 radical (unpaired) electrons. The van der Waals surface area contributed by atoms with Crippen molar-refractivity contribution >= 4 is 17.5 Å². The normalized spacial score (nSPS) is 16.6. The van der Waals surface area contributed by atoms with Gasteiger partial charge in [-0.1, -0.05) is 36.4 Å². The number of benzene rings is 2. The van der Waals surface area contributed by atoms with Crippen molar-refractivity contribution in [2.45, 2.75) is 26.3 Å². The molecule has 6 heteroatoms. The maximum atomic E-state index is 13.4. The van der Waals surface area contributed by atoms with Gasteiger partial charge < -0.3 is 10.0 Å². The fourth-order valence-corrected chi connectivity index (χ4v) is 3.43. The Hall–Kier alpha value is -3.28. The molecule has 1 unspecified atom stereocenters. The van der Waals surface area contributed by atoms with E-state index in [1.165, 1.54) is 30.9 Å². The molecule has 0 saturated heterocycles. The number of carbonyl (C=O) groups is 3. The number of aliphatic hydroxyl groups excluding tert-OH is 1. The number of nitrogens with zero attached hydrogens (tertiary/aromatic N) is 1. The second-order valence-electron chi connectivity index (χ2n) is 6.78. The summed E-state index contributed by atoms with van der Waals surface area (Å²) in [4.78, 5) is 37.6. The minimum atomic E-state index is -0.750. The van der Waals surface area contributed by atoms with Gasteiger partial charge in [0.15, 0.2) is 17.3 Å². The molecule has 1 N–H and O–H groups in total. The van der Waals surface area contributed by atoms with Crippen LogP contribution in [0.4, 0.5) is 4.39 Å². The van der Waals surface area contributed by atoms with Crippen molar-refractivity contribution in [3.05, 3.63) is 82.4 Å². The van der Waals surface area contributed by atoms with E-state index >= 15 is 0 Å². The van der Waals surface area contributed by atoms with Crippen molar-refractivity contribution in [2.24, 2.45) is 0 Å². The number of halogens is 1. The Bertz CT molecular complexity index is 978. The van der Waals surface area contributed by atoms with Gasteiger partial charge in [-0.25, -0.2) is 4.39 Å². The van der Waals surface area contributed by atoms with E-state index in [1.54, 1.807) is 36.4 Å². The molecule has 0 spiro atoms. The summed E-state index contributed by atoms with van der Waals surface area (Å²) >= 11 is 0. The fourth-order valence-electron chi connectivity index (χ4n) is 3.43. The molecule has 1 amide bonds. The summed E-state index contributed by atoms with van der Waals surface area (Å²) in [6.45, 7) is 2.94. The Labute approximate surface area is 162 Å². The highest BCUT2D eigenvalue weighted by atomic mass is 19.1. The first-order chi connectivity index (χ1) is 13.3. The van der Waals surface area contributed by atoms with Gasteiger partial charge in [-0.15, -0.1) is 0 Å². The molecule has 0 fully saturated rings. The fraction of sp³-hybridized carbons (Fsp3) is 0.227. The van der Waals surface area contributed by atoms with E-state index in [9.17, 15) is 23.9 Å². The molecular weight excluding hydrogens is 361 g/mol. The molecule has 0 saturated carbocycles. The first-order valence-corrected chi connectivity index (χ1v) is 8.90. The van der Waals surface area contributed by atoms with E-state index in [0.717, 1.165) is 0 Å². The smallest absolute Gasteiger partial charge is 0.290 e. The lowest BCUT2D eigenvalue weighted by Gasteiger charge is -2.26. The average Bonchev–Trinajstić information content (AvgIpc) is 2.91. The summed E-state index contributed by atoms with van der Waals surface area (Å²) in [7, 11) is 0. The van der Waals surface area contributed by atoms with E-state index in [4.69, 9.17) is 0 Å². The third kappa shape index (κ3) is 3.71. The van der Waals surface area contributed by atoms with Gasteiger partial charge in [0.1, 0.15) is 5.82 Å². The standard InChI is InChI=1S/C22H20FNO4/c1-13(25)16-6-8-17(9-7-16)20-19(14(2)26)21(27)22(28)24(20)11-10-15-4-3-5-18(23)12-15/h3-9,12,20,27H,10-11H2,1-2H3. The number of amides is 1. The Kier molecular flexibility index (Phi) is 5.40. The van der Waals surface area contributed by atoms with Crippen molar-refractivity contribution in [3.8, 4) is 0 Å². The number of carbonyl (C=O) groups excluding carboxylic acids is 3. The van der Waals surface area contributed by atoms with Gasteiger partial charge in [-0.3, -0.25) is 14.4 Å². The summed E-state index contributed by atoms with van der Waals surface area (Å²) in [5.74, 6) is -2.07. The van der Waals surface area contributed by atoms with E-state index in [0.29, 0.717) is 23.1 Å². The maximum Gasteiger partial charge on any atom is 0.290 e. The van der Waals surface area contributed by atoms with Gasteiger partial charge in [-0.2, -0.15) is 0 Å². The number of Topliss-reactive ketones (excluding diaryl/α,β-unsaturated/α-hetero) is 2. The third-order valence-electron chi connectivity index (χ3n) is 4.85. The molecule has 2 aromatic carbocycles. The molecule has 1 aliphatic heterocycles. The molecule has 3 rings (SSSR count). The molecule has 2 aromatic rings. The van der Waals surface area contributed by atoms with Crippen molar-refractivity contribution in [1.82, 2.24) is 4.90 Å². The zero-order valence-corrected chi connectivity index (χ0v) is 15.6. The summed E-state index contributed by atoms with van der Waals surface area (Å²) in [6, 6.07) is 11.9. The number of hydrogen-bond donors (Lipinski definition) is 1. The van der Waals surface area contributed by atoms with Gasteiger partial charge in [0.2, 0.25) is 0 Å². The minimum Gasteiger partial charge on any atom is -0.503 e. The van der Waals surface area contributed by atoms with Crippen LogP contribution in [-0.2, 0) is 16.0 Å². The highest BCUT2D eigenvalue weighted by molar-refractivity contribution is 6.08. The highest BCUT2D eigenvalue weighted by Crippen LogP contribution is 2.37. The topological polar surface area (TPSA) is 74.7 Å². The van der Waals surface area contributed by atoms with Crippen LogP contribution in [0.15, 0.2) is 59.9 Å². The first-order valence-electron chi connectivity index (χ1n) is 8.90. The molecule has 1 heterocycles. The second-order valence-corrected chi connectivity index (χ2v) is 6.78. The molecule has 0 bridgehead atoms. The Morgan fingerprint density at radius 1 is 1.07 bits per heavy atom. The molecule has 1 atom stereocenters. The van der Waals surface area contributed by atoms with Crippen LogP contribution in [-0.4, -0.2) is 34.0 Å². The van der Waals surface area contributed by atoms with Crippen LogP contribution in [0.25, 0.3) is 0 Å². The number of ketones is 2. The average molecular weight is 381 g/mol. The largest absolute Gasteiger partial charge is 0.503 e. The third-order valence-corrected chi connectivity index (χ3v) is 4.85. The molecule has 28 heavy (non-hydrogen) atoms. The van der Waals surface area contributed by atoms with E-state index in [2.05, 4.69) is 0 Å². The SMILES string of the molecule is CC(=O)C1=C(O)C(=O)N(CCc2cccc(F)c2)C1c1ccc(C(C)=O)cc1. The van der Waals surface area contributed by atoms with Crippen LogP contribution in [0.1, 0.15) is 41.4 Å². The summed E-state index contributed by atoms with van der Waals surface area (Å²) < 4.78 is 13.4. The lowest BCUT2D eigenvalue weighted by atomic mass is 9.95. The molecule has 0 aromatic heterocycles. The van der Waals surface area contributed by atoms with Gasteiger partial charge in [0.25, 0.3) is 5.91 Å². The quantitative estimate of drug-likeness (QED) is 0.777. The van der Waals surface area contributed by atoms with Gasteiger partial charge >= 0.3 is 0 Å². The lowest BCUT2D eigenvalue weighted by Crippen LogP contribution is -2.33. The lowest BCUT2D eigenvalue weighted by molar-refractivity contribution is -0.129. The zero-order valence-electron chi connectivity index (χ0n) is 15.6. The van der Waals surface area contributed by atoms with Crippen molar-refractivity contribution in [2.75, 3.05) is 6.54 Å². The van der Waals surface area contributed by atoms with Crippen LogP contribution in [0.5, 0.6) is 0 Å². The molecule has 144 valence electrons. The second kappa shape index (κ2) is 7.76. The van der Waals surface area contributed by atoms with Gasteiger partial charge in [0, 0.05) is 12.1 Å². The number of hydrogen-bond acceptors (Lipinski definition) is 4. The maximum absolute atomic E-state index is 13.4. The molecule has 5 nitrogen and oxygen atoms in total. The summed E-state index contributed by atoms with van der Waals surface area (Å²) in [5.41, 5.74) is 1.86. The van der Waals surface area contributed by atoms with E-state index < -0.39 is 23.5 Å². The van der Waals surface area contributed by atoms with Crippen LogP contribution in [0.3, 0.4) is 0 Å². The van der Waals surface area contributed by atoms with Crippen molar-refractivity contribution < 1.29 is 23.9 Å². The predicted octanol–water partition coefficient (Wildman–Crippen LogP) is 3.56. The molecule has 1 aliphatic rings. The van der Waals surface area contributed by atoms with Crippen molar-refractivity contribution in [1.29, 1.82) is 0 Å². The van der Waals surface area contributed by atoms with Crippen LogP contribution in [0, 0.1) is 5.82 Å². The summed E-state index contributed by atoms with van der Waals surface area (Å²) in [6.07, 6.45) is 0.365. The minimum absolute atomic E-state index is 0.0276. The Balaban J connectivity index is 1.94. The first kappa shape index (κ1) is 19.5. The molecular formula is C22H20FNO4. The number of rotatable bonds is 6. The highest BCUT2D eigenvalue weighted by Gasteiger charge is 2.42. The molecule has 0 aliphatic carbocycles. The van der Waals surface area contributed by atoms with Gasteiger partial charge in [-0.05, 0) is 43.5 Å². The van der Waals surface area contributed by atoms with Crippen molar-refractivity contribution in [3.63, 3.8) is 0 Å². The summed E-state index contributed by atoms with van der Waals surface area (Å²) in [5, 5.41) is 10.3. The van der Waals surface area contributed by atoms with E-state index in [1.807, 2.05) is 0 Å². The van der Waals surface area contributed by atoms with Gasteiger partial charge in [0.05, 0.1) is 11.6 Å². The Morgan fingerprint density at radius 2 is 1.75 bits per heavy atom. The number of aliphatic hydroxyl groups is 1. The van der Waals surface area contributed by atoms with E-state index in [-0.39, 0.29) is 23.7 Å². The van der Waals surface area contributed by atoms with Crippen LogP contribution >= 0.6 is 0 Å². The predicted molar refractivity (Wildman–Crippen MR) is 101 cm³/mol. The van der Waals surface area contributed by atoms with Crippen LogP contribution < -0.4 is 0 Å². The van der Waals surface area contributed by atoms with Crippen LogP contribution in [0.2, 0.25) is 0 Å².